The molecule has 0 aliphatic carbocycles. The maximum atomic E-state index is 5.96. The molecule has 3 nitrogen and oxygen atoms in total. The fourth-order valence-electron chi connectivity index (χ4n) is 3.44. The minimum Gasteiger partial charge on any atom is -0.342 e. The molecule has 4 rings (SSSR count). The van der Waals surface area contributed by atoms with Gasteiger partial charge in [-0.2, -0.15) is 0 Å². The molecule has 0 atom stereocenters. The zero-order valence-corrected chi connectivity index (χ0v) is 15.5. The van der Waals surface area contributed by atoms with Gasteiger partial charge in [-0.15, -0.1) is 0 Å². The Morgan fingerprint density at radius 1 is 0.741 bits per heavy atom. The van der Waals surface area contributed by atoms with Gasteiger partial charge in [0.1, 0.15) is 6.54 Å². The predicted octanol–water partition coefficient (Wildman–Crippen LogP) is 4.58. The van der Waals surface area contributed by atoms with Crippen LogP contribution < -0.4 is 4.57 Å². The number of aromatic nitrogens is 2. The molecule has 1 heterocycles. The molecule has 136 valence electrons. The smallest absolute Gasteiger partial charge is 0.246 e. The van der Waals surface area contributed by atoms with Crippen molar-refractivity contribution >= 4 is 11.0 Å². The molecular weight excluding hydrogens is 332 g/mol. The van der Waals surface area contributed by atoms with E-state index in [1.165, 1.54) is 22.2 Å². The van der Waals surface area contributed by atoms with Crippen LogP contribution in [0.2, 0.25) is 0 Å². The Bertz CT molecular complexity index is 977. The van der Waals surface area contributed by atoms with Gasteiger partial charge in [0.05, 0.1) is 6.61 Å². The molecule has 1 aromatic heterocycles. The van der Waals surface area contributed by atoms with E-state index in [0.717, 1.165) is 26.0 Å². The van der Waals surface area contributed by atoms with Crippen LogP contribution in [0.3, 0.4) is 0 Å². The number of ether oxygens (including phenoxy) is 1. The summed E-state index contributed by atoms with van der Waals surface area (Å²) in [4.78, 5) is 0. The quantitative estimate of drug-likeness (QED) is 0.333. The number of nitrogens with zero attached hydrogens (tertiary/aromatic N) is 2. The molecular formula is C24H25N2O+. The molecule has 0 fully saturated rings. The normalized spacial score (nSPS) is 11.1. The summed E-state index contributed by atoms with van der Waals surface area (Å²) < 4.78 is 10.4. The van der Waals surface area contributed by atoms with Gasteiger partial charge in [0.2, 0.25) is 6.33 Å². The lowest BCUT2D eigenvalue weighted by Gasteiger charge is -2.03. The van der Waals surface area contributed by atoms with E-state index in [1.54, 1.807) is 0 Å². The molecule has 0 saturated heterocycles. The Balaban J connectivity index is 1.39. The number of para-hydroxylation sites is 2. The molecule has 0 amide bonds. The summed E-state index contributed by atoms with van der Waals surface area (Å²) in [6.07, 6.45) is 4.25. The fraction of sp³-hybridized carbons (Fsp3) is 0.208. The highest BCUT2D eigenvalue weighted by Crippen LogP contribution is 2.12. The fourth-order valence-corrected chi connectivity index (χ4v) is 3.44. The molecule has 0 spiro atoms. The lowest BCUT2D eigenvalue weighted by molar-refractivity contribution is -0.663. The molecule has 0 radical (unpaired) electrons. The predicted molar refractivity (Wildman–Crippen MR) is 108 cm³/mol. The summed E-state index contributed by atoms with van der Waals surface area (Å²) in [5.41, 5.74) is 5.10. The van der Waals surface area contributed by atoms with Gasteiger partial charge in [0, 0.05) is 0 Å². The van der Waals surface area contributed by atoms with Crippen molar-refractivity contribution in [3.05, 3.63) is 102 Å². The van der Waals surface area contributed by atoms with Gasteiger partial charge in [-0.1, -0.05) is 72.8 Å². The standard InChI is InChI=1S/C24H25N2O/c1-3-10-21(11-4-1)14-9-17-27-20-26-19-25(18-22-12-5-2-6-13-22)23-15-7-8-16-24(23)26/h1-8,10-13,15-16,19H,9,14,17-18,20H2/q+1. The van der Waals surface area contributed by atoms with E-state index in [2.05, 4.69) is 100 Å². The Kier molecular flexibility index (Phi) is 5.61. The van der Waals surface area contributed by atoms with E-state index in [4.69, 9.17) is 4.74 Å². The summed E-state index contributed by atoms with van der Waals surface area (Å²) >= 11 is 0. The van der Waals surface area contributed by atoms with Crippen molar-refractivity contribution < 1.29 is 9.30 Å². The van der Waals surface area contributed by atoms with Crippen molar-refractivity contribution in [2.75, 3.05) is 6.61 Å². The summed E-state index contributed by atoms with van der Waals surface area (Å²) in [5.74, 6) is 0. The first kappa shape index (κ1) is 17.5. The molecule has 3 aromatic carbocycles. The van der Waals surface area contributed by atoms with Gasteiger partial charge >= 0.3 is 0 Å². The minimum atomic E-state index is 0.580. The van der Waals surface area contributed by atoms with E-state index in [9.17, 15) is 0 Å². The van der Waals surface area contributed by atoms with Crippen molar-refractivity contribution in [2.24, 2.45) is 0 Å². The zero-order chi connectivity index (χ0) is 18.3. The van der Waals surface area contributed by atoms with E-state index in [1.807, 2.05) is 0 Å². The molecule has 0 bridgehead atoms. The van der Waals surface area contributed by atoms with Crippen LogP contribution in [-0.2, 0) is 24.4 Å². The van der Waals surface area contributed by atoms with Gasteiger partial charge in [-0.25, -0.2) is 9.13 Å². The van der Waals surface area contributed by atoms with Crippen LogP contribution in [0.15, 0.2) is 91.3 Å². The van der Waals surface area contributed by atoms with Crippen molar-refractivity contribution in [1.29, 1.82) is 0 Å². The van der Waals surface area contributed by atoms with Gasteiger partial charge in [-0.05, 0) is 36.1 Å². The van der Waals surface area contributed by atoms with Crippen LogP contribution in [0.1, 0.15) is 17.5 Å². The second kappa shape index (κ2) is 8.65. The molecule has 27 heavy (non-hydrogen) atoms. The van der Waals surface area contributed by atoms with Crippen molar-refractivity contribution in [1.82, 2.24) is 4.57 Å². The lowest BCUT2D eigenvalue weighted by Crippen LogP contribution is -2.32. The third kappa shape index (κ3) is 4.44. The molecule has 3 heteroatoms. The Morgan fingerprint density at radius 2 is 1.41 bits per heavy atom. The summed E-state index contributed by atoms with van der Waals surface area (Å²) in [7, 11) is 0. The van der Waals surface area contributed by atoms with E-state index in [-0.39, 0.29) is 0 Å². The average molecular weight is 357 g/mol. The Labute approximate surface area is 160 Å². The van der Waals surface area contributed by atoms with Crippen molar-refractivity contribution in [2.45, 2.75) is 26.1 Å². The first-order valence-electron chi connectivity index (χ1n) is 9.53. The molecule has 0 N–H and O–H groups in total. The van der Waals surface area contributed by atoms with Crippen LogP contribution in [-0.4, -0.2) is 11.2 Å². The maximum absolute atomic E-state index is 5.96. The number of hydrogen-bond donors (Lipinski definition) is 0. The van der Waals surface area contributed by atoms with Gasteiger partial charge in [-0.3, -0.25) is 0 Å². The average Bonchev–Trinajstić information content (AvgIpc) is 3.07. The molecule has 0 unspecified atom stereocenters. The van der Waals surface area contributed by atoms with Crippen molar-refractivity contribution in [3.63, 3.8) is 0 Å². The van der Waals surface area contributed by atoms with E-state index < -0.39 is 0 Å². The minimum absolute atomic E-state index is 0.580. The topological polar surface area (TPSA) is 18.0 Å². The second-order valence-corrected chi connectivity index (χ2v) is 6.81. The van der Waals surface area contributed by atoms with Crippen molar-refractivity contribution in [3.8, 4) is 0 Å². The van der Waals surface area contributed by atoms with Crippen LogP contribution in [0.4, 0.5) is 0 Å². The lowest BCUT2D eigenvalue weighted by atomic mass is 10.1. The summed E-state index contributed by atoms with van der Waals surface area (Å²) in [6.45, 7) is 2.21. The number of hydrogen-bond acceptors (Lipinski definition) is 1. The van der Waals surface area contributed by atoms with Gasteiger partial charge in [0.15, 0.2) is 17.8 Å². The molecule has 0 aliphatic rings. The number of rotatable bonds is 8. The zero-order valence-electron chi connectivity index (χ0n) is 15.5. The van der Waals surface area contributed by atoms with E-state index in [0.29, 0.717) is 6.73 Å². The first-order chi connectivity index (χ1) is 13.4. The SMILES string of the molecule is c1ccc(CCCOCn2c[n+](Cc3ccccc3)c3ccccc32)cc1. The molecule has 0 aliphatic heterocycles. The largest absolute Gasteiger partial charge is 0.342 e. The van der Waals surface area contributed by atoms with Crippen LogP contribution in [0, 0.1) is 0 Å². The number of aryl methyl sites for hydroxylation is 1. The summed E-state index contributed by atoms with van der Waals surface area (Å²) in [6, 6.07) is 29.7. The number of benzene rings is 3. The third-order valence-electron chi connectivity index (χ3n) is 4.80. The number of imidazole rings is 1. The Morgan fingerprint density at radius 3 is 2.19 bits per heavy atom. The van der Waals surface area contributed by atoms with E-state index >= 15 is 0 Å². The maximum Gasteiger partial charge on any atom is 0.246 e. The summed E-state index contributed by atoms with van der Waals surface area (Å²) in [5, 5.41) is 0. The second-order valence-electron chi connectivity index (χ2n) is 6.81. The van der Waals surface area contributed by atoms with Gasteiger partial charge < -0.3 is 4.74 Å². The number of fused-ring (bicyclic) bond motifs is 1. The van der Waals surface area contributed by atoms with Crippen LogP contribution in [0.25, 0.3) is 11.0 Å². The highest BCUT2D eigenvalue weighted by molar-refractivity contribution is 5.71. The highest BCUT2D eigenvalue weighted by Gasteiger charge is 2.15. The molecule has 4 aromatic rings. The first-order valence-corrected chi connectivity index (χ1v) is 9.53. The van der Waals surface area contributed by atoms with Crippen LogP contribution >= 0.6 is 0 Å². The van der Waals surface area contributed by atoms with Gasteiger partial charge in [0.25, 0.3) is 0 Å². The molecule has 0 saturated carbocycles. The highest BCUT2D eigenvalue weighted by atomic mass is 16.5. The Hall–Kier alpha value is -2.91. The van der Waals surface area contributed by atoms with Crippen LogP contribution in [0.5, 0.6) is 0 Å². The third-order valence-corrected chi connectivity index (χ3v) is 4.80. The monoisotopic (exact) mass is 357 g/mol.